The van der Waals surface area contributed by atoms with Crippen LogP contribution < -0.4 is 10.6 Å². The van der Waals surface area contributed by atoms with Gasteiger partial charge in [-0.1, -0.05) is 32.9 Å². The van der Waals surface area contributed by atoms with E-state index in [1.807, 2.05) is 26.0 Å². The van der Waals surface area contributed by atoms with Crippen molar-refractivity contribution in [1.29, 1.82) is 0 Å². The van der Waals surface area contributed by atoms with Gasteiger partial charge in [-0.05, 0) is 37.0 Å². The summed E-state index contributed by atoms with van der Waals surface area (Å²) in [5.41, 5.74) is 2.12. The van der Waals surface area contributed by atoms with Crippen LogP contribution in [0.3, 0.4) is 0 Å². The number of hydrogen-bond donors (Lipinski definition) is 2. The maximum absolute atomic E-state index is 12.6. The molecule has 0 bridgehead atoms. The van der Waals surface area contributed by atoms with E-state index < -0.39 is 9.84 Å². The number of benzene rings is 1. The molecule has 0 aliphatic heterocycles. The zero-order valence-corrected chi connectivity index (χ0v) is 19.1. The molecule has 0 fully saturated rings. The van der Waals surface area contributed by atoms with Gasteiger partial charge in [0.05, 0.1) is 27.9 Å². The molecule has 0 unspecified atom stereocenters. The van der Waals surface area contributed by atoms with Crippen LogP contribution in [0.5, 0.6) is 0 Å². The third-order valence-electron chi connectivity index (χ3n) is 4.38. The fourth-order valence-electron chi connectivity index (χ4n) is 2.71. The van der Waals surface area contributed by atoms with Gasteiger partial charge in [-0.3, -0.25) is 4.99 Å². The first-order chi connectivity index (χ1) is 13.0. The minimum Gasteiger partial charge on any atom is -0.355 e. The first-order valence-electron chi connectivity index (χ1n) is 9.23. The van der Waals surface area contributed by atoms with Gasteiger partial charge in [0.2, 0.25) is 0 Å². The largest absolute Gasteiger partial charge is 0.355 e. The van der Waals surface area contributed by atoms with Crippen LogP contribution in [-0.2, 0) is 21.8 Å². The van der Waals surface area contributed by atoms with E-state index in [1.54, 1.807) is 30.5 Å². The third-order valence-corrected chi connectivity index (χ3v) is 7.19. The highest BCUT2D eigenvalue weighted by molar-refractivity contribution is 7.91. The van der Waals surface area contributed by atoms with Crippen molar-refractivity contribution in [1.82, 2.24) is 15.6 Å². The third kappa shape index (κ3) is 6.04. The van der Waals surface area contributed by atoms with E-state index >= 15 is 0 Å². The lowest BCUT2D eigenvalue weighted by atomic mass is 9.87. The number of aliphatic imine (C=N–C) groups is 1. The summed E-state index contributed by atoms with van der Waals surface area (Å²) in [4.78, 5) is 10.1. The molecule has 0 spiro atoms. The maximum Gasteiger partial charge on any atom is 0.191 e. The molecule has 0 aliphatic carbocycles. The van der Waals surface area contributed by atoms with Gasteiger partial charge in [0, 0.05) is 18.5 Å². The highest BCUT2D eigenvalue weighted by Gasteiger charge is 2.17. The summed E-state index contributed by atoms with van der Waals surface area (Å²) in [5.74, 6) is 0.574. The lowest BCUT2D eigenvalue weighted by Crippen LogP contribution is -2.39. The number of thiazole rings is 1. The van der Waals surface area contributed by atoms with Gasteiger partial charge in [-0.15, -0.1) is 11.3 Å². The number of aryl methyl sites for hydroxylation is 2. The summed E-state index contributed by atoms with van der Waals surface area (Å²) in [6.07, 6.45) is 0. The van der Waals surface area contributed by atoms with Crippen LogP contribution in [-0.4, -0.2) is 38.7 Å². The zero-order valence-electron chi connectivity index (χ0n) is 17.5. The average molecular weight is 423 g/mol. The van der Waals surface area contributed by atoms with Crippen LogP contribution in [0.15, 0.2) is 34.2 Å². The molecule has 8 heteroatoms. The zero-order chi connectivity index (χ0) is 20.9. The second-order valence-electron chi connectivity index (χ2n) is 7.69. The maximum atomic E-state index is 12.6. The minimum atomic E-state index is -3.35. The van der Waals surface area contributed by atoms with Crippen molar-refractivity contribution >= 4 is 27.1 Å². The van der Waals surface area contributed by atoms with Crippen LogP contribution in [0.4, 0.5) is 0 Å². The Morgan fingerprint density at radius 1 is 1.14 bits per heavy atom. The molecular formula is C20H30N4O2S2. The predicted molar refractivity (Wildman–Crippen MR) is 117 cm³/mol. The topological polar surface area (TPSA) is 83.5 Å². The van der Waals surface area contributed by atoms with E-state index in [2.05, 4.69) is 41.4 Å². The van der Waals surface area contributed by atoms with Crippen molar-refractivity contribution in [3.8, 4) is 0 Å². The Balaban J connectivity index is 1.90. The first-order valence-corrected chi connectivity index (χ1v) is 11.7. The summed E-state index contributed by atoms with van der Waals surface area (Å²) in [7, 11) is -1.68. The van der Waals surface area contributed by atoms with E-state index in [0.717, 1.165) is 21.1 Å². The summed E-state index contributed by atoms with van der Waals surface area (Å²) in [6.45, 7) is 11.2. The van der Waals surface area contributed by atoms with Crippen molar-refractivity contribution in [2.24, 2.45) is 4.99 Å². The van der Waals surface area contributed by atoms with E-state index in [1.165, 1.54) is 0 Å². The van der Waals surface area contributed by atoms with Gasteiger partial charge in [0.15, 0.2) is 15.8 Å². The Labute approximate surface area is 172 Å². The normalized spacial score (nSPS) is 12.9. The number of nitrogens with zero attached hydrogens (tertiary/aromatic N) is 2. The molecule has 154 valence electrons. The minimum absolute atomic E-state index is 0.00125. The monoisotopic (exact) mass is 422 g/mol. The number of hydrogen-bond acceptors (Lipinski definition) is 5. The molecule has 1 aromatic carbocycles. The Morgan fingerprint density at radius 2 is 1.79 bits per heavy atom. The fraction of sp³-hybridized carbons (Fsp3) is 0.500. The smallest absolute Gasteiger partial charge is 0.191 e. The molecule has 0 saturated heterocycles. The lowest BCUT2D eigenvalue weighted by Gasteiger charge is -2.19. The predicted octanol–water partition coefficient (Wildman–Crippen LogP) is 3.20. The van der Waals surface area contributed by atoms with Gasteiger partial charge < -0.3 is 10.6 Å². The molecule has 2 aromatic rings. The molecule has 0 aliphatic rings. The van der Waals surface area contributed by atoms with E-state index in [4.69, 9.17) is 0 Å². The van der Waals surface area contributed by atoms with Crippen molar-refractivity contribution in [2.45, 2.75) is 51.5 Å². The summed E-state index contributed by atoms with van der Waals surface area (Å²) >= 11 is 1.64. The molecule has 2 N–H and O–H groups in total. The van der Waals surface area contributed by atoms with Gasteiger partial charge in [0.25, 0.3) is 0 Å². The molecule has 2 rings (SSSR count). The fourth-order valence-corrected chi connectivity index (χ4v) is 4.74. The average Bonchev–Trinajstić information content (AvgIpc) is 2.94. The van der Waals surface area contributed by atoms with Crippen molar-refractivity contribution in [3.63, 3.8) is 0 Å². The molecule has 0 radical (unpaired) electrons. The van der Waals surface area contributed by atoms with E-state index in [0.29, 0.717) is 17.4 Å². The Hall–Kier alpha value is -1.93. The van der Waals surface area contributed by atoms with Crippen molar-refractivity contribution < 1.29 is 8.42 Å². The molecular weight excluding hydrogens is 392 g/mol. The van der Waals surface area contributed by atoms with Crippen LogP contribution in [0.1, 0.15) is 41.9 Å². The lowest BCUT2D eigenvalue weighted by molar-refractivity contribution is 0.586. The Bertz CT molecular complexity index is 924. The summed E-state index contributed by atoms with van der Waals surface area (Å²) in [5, 5.41) is 7.30. The molecule has 1 aromatic heterocycles. The molecule has 6 nitrogen and oxygen atoms in total. The standard InChI is InChI=1S/C20H30N4O2S2/c1-14-18(27-15(2)24-14)13-23-19(21-6)22-11-12-28(25,26)17-9-7-16(8-10-17)20(3,4)5/h7-10H,11-13H2,1-6H3,(H2,21,22,23). The Kier molecular flexibility index (Phi) is 7.22. The van der Waals surface area contributed by atoms with Crippen LogP contribution in [0, 0.1) is 13.8 Å². The van der Waals surface area contributed by atoms with Crippen LogP contribution in [0.25, 0.3) is 0 Å². The molecule has 0 saturated carbocycles. The molecule has 0 atom stereocenters. The Morgan fingerprint density at radius 3 is 2.29 bits per heavy atom. The quantitative estimate of drug-likeness (QED) is 0.552. The van der Waals surface area contributed by atoms with Crippen LogP contribution >= 0.6 is 11.3 Å². The first kappa shape index (κ1) is 22.4. The second kappa shape index (κ2) is 9.05. The van der Waals surface area contributed by atoms with Gasteiger partial charge in [-0.25, -0.2) is 13.4 Å². The summed E-state index contributed by atoms with van der Waals surface area (Å²) in [6, 6.07) is 7.16. The number of nitrogens with one attached hydrogen (secondary N) is 2. The van der Waals surface area contributed by atoms with Gasteiger partial charge in [-0.2, -0.15) is 0 Å². The number of sulfone groups is 1. The second-order valence-corrected chi connectivity index (χ2v) is 11.1. The highest BCUT2D eigenvalue weighted by Crippen LogP contribution is 2.23. The molecule has 0 amide bonds. The van der Waals surface area contributed by atoms with E-state index in [-0.39, 0.29) is 17.7 Å². The SMILES string of the molecule is CN=C(NCCS(=O)(=O)c1ccc(C(C)(C)C)cc1)NCc1sc(C)nc1C. The van der Waals surface area contributed by atoms with E-state index in [9.17, 15) is 8.42 Å². The van der Waals surface area contributed by atoms with Crippen LogP contribution in [0.2, 0.25) is 0 Å². The molecule has 1 heterocycles. The van der Waals surface area contributed by atoms with Gasteiger partial charge >= 0.3 is 0 Å². The number of aromatic nitrogens is 1. The summed E-state index contributed by atoms with van der Waals surface area (Å²) < 4.78 is 25.2. The number of rotatable bonds is 6. The van der Waals surface area contributed by atoms with Crippen molar-refractivity contribution in [2.75, 3.05) is 19.3 Å². The highest BCUT2D eigenvalue weighted by atomic mass is 32.2. The van der Waals surface area contributed by atoms with Crippen molar-refractivity contribution in [3.05, 3.63) is 45.4 Å². The number of guanidine groups is 1. The molecule has 28 heavy (non-hydrogen) atoms. The van der Waals surface area contributed by atoms with Gasteiger partial charge in [0.1, 0.15) is 0 Å².